The lowest BCUT2D eigenvalue weighted by atomic mass is 9.93. The highest BCUT2D eigenvalue weighted by molar-refractivity contribution is 7.81. The fourth-order valence-electron chi connectivity index (χ4n) is 8.55. The van der Waals surface area contributed by atoms with Gasteiger partial charge >= 0.3 is 0 Å². The van der Waals surface area contributed by atoms with Crippen LogP contribution in [0.2, 0.25) is 0 Å². The molecule has 0 N–H and O–H groups in total. The predicted octanol–water partition coefficient (Wildman–Crippen LogP) is 11.6. The highest BCUT2D eigenvalue weighted by Crippen LogP contribution is 2.46. The third-order valence-corrected chi connectivity index (χ3v) is 15.5. The monoisotopic (exact) mass is 734 g/mol. The number of aryl methyl sites for hydroxylation is 8. The highest BCUT2D eigenvalue weighted by Gasteiger charge is 2.29. The molecule has 8 aromatic carbocycles. The second kappa shape index (κ2) is 14.8. The molecule has 266 valence electrons. The van der Waals surface area contributed by atoms with Crippen molar-refractivity contribution in [2.45, 2.75) is 55.4 Å². The van der Waals surface area contributed by atoms with E-state index in [0.717, 1.165) is 0 Å². The van der Waals surface area contributed by atoms with E-state index in [4.69, 9.17) is 0 Å². The maximum atomic E-state index is 2.47. The molecule has 0 fully saturated rings. The van der Waals surface area contributed by atoms with Crippen LogP contribution in [0.1, 0.15) is 44.5 Å². The maximum absolute atomic E-state index is 2.47. The standard InChI is InChI=1S/C52H48P2/c1-33-17-20-48(40(8)26-33)54(45-31-38(6)25-39(7)32-45)50-22-19-42-14-10-12-16-47(42)52(50)51-46-15-11-9-13-41(46)18-21-49(51)53(43-27-34(2)23-35(3)28-43)44-29-36(4)24-37(5)30-44/h9-32H,1-8H3. The number of hydrogen-bond donors (Lipinski definition) is 0. The van der Waals surface area contributed by atoms with E-state index >= 15 is 0 Å². The van der Waals surface area contributed by atoms with Gasteiger partial charge in [-0.3, -0.25) is 0 Å². The van der Waals surface area contributed by atoms with E-state index in [2.05, 4.69) is 201 Å². The zero-order valence-corrected chi connectivity index (χ0v) is 34.5. The van der Waals surface area contributed by atoms with E-state index in [1.165, 1.54) is 109 Å². The fraction of sp³-hybridized carbons (Fsp3) is 0.154. The Morgan fingerprint density at radius 2 is 0.667 bits per heavy atom. The van der Waals surface area contributed by atoms with Crippen LogP contribution < -0.4 is 31.8 Å². The van der Waals surface area contributed by atoms with Crippen molar-refractivity contribution in [1.82, 2.24) is 0 Å². The van der Waals surface area contributed by atoms with Gasteiger partial charge in [0.15, 0.2) is 0 Å². The Bertz CT molecular complexity index is 2600. The topological polar surface area (TPSA) is 0 Å². The molecule has 0 aliphatic rings. The minimum Gasteiger partial charge on any atom is -0.0616 e. The molecule has 0 aromatic heterocycles. The van der Waals surface area contributed by atoms with Gasteiger partial charge in [0.25, 0.3) is 0 Å². The first-order valence-electron chi connectivity index (χ1n) is 19.0. The van der Waals surface area contributed by atoms with Crippen molar-refractivity contribution >= 4 is 69.2 Å². The average Bonchev–Trinajstić information content (AvgIpc) is 3.11. The SMILES string of the molecule is Cc1cc(C)cc(P(c2cc(C)cc(C)c2)c2ccc3ccccc3c2-c2c(P(c3cc(C)cc(C)c3)c3ccc(C)cc3C)ccc3ccccc23)c1. The Morgan fingerprint density at radius 3 is 1.09 bits per heavy atom. The summed E-state index contributed by atoms with van der Waals surface area (Å²) >= 11 is 0. The predicted molar refractivity (Wildman–Crippen MR) is 242 cm³/mol. The molecule has 0 amide bonds. The molecule has 54 heavy (non-hydrogen) atoms. The fourth-order valence-corrected chi connectivity index (χ4v) is 14.2. The molecule has 8 aromatic rings. The zero-order chi connectivity index (χ0) is 37.7. The minimum atomic E-state index is -0.938. The van der Waals surface area contributed by atoms with Gasteiger partial charge in [-0.25, -0.2) is 0 Å². The molecular weight excluding hydrogens is 687 g/mol. The van der Waals surface area contributed by atoms with Crippen molar-refractivity contribution in [3.05, 3.63) is 190 Å². The molecule has 0 aliphatic heterocycles. The first-order valence-corrected chi connectivity index (χ1v) is 21.7. The third-order valence-electron chi connectivity index (χ3n) is 10.5. The Labute approximate surface area is 324 Å². The molecule has 0 saturated carbocycles. The lowest BCUT2D eigenvalue weighted by Crippen LogP contribution is -2.27. The van der Waals surface area contributed by atoms with Crippen LogP contribution in [0.5, 0.6) is 0 Å². The summed E-state index contributed by atoms with van der Waals surface area (Å²) in [6, 6.07) is 56.5. The van der Waals surface area contributed by atoms with E-state index in [1.54, 1.807) is 0 Å². The van der Waals surface area contributed by atoms with E-state index in [0.29, 0.717) is 0 Å². The first kappa shape index (κ1) is 36.1. The molecule has 1 unspecified atom stereocenters. The van der Waals surface area contributed by atoms with Gasteiger partial charge < -0.3 is 0 Å². The van der Waals surface area contributed by atoms with Gasteiger partial charge in [0.05, 0.1) is 0 Å². The molecule has 8 rings (SSSR count). The van der Waals surface area contributed by atoms with Gasteiger partial charge in [-0.15, -0.1) is 0 Å². The van der Waals surface area contributed by atoms with Crippen molar-refractivity contribution in [2.24, 2.45) is 0 Å². The van der Waals surface area contributed by atoms with Crippen molar-refractivity contribution in [2.75, 3.05) is 0 Å². The summed E-state index contributed by atoms with van der Waals surface area (Å²) < 4.78 is 0. The van der Waals surface area contributed by atoms with E-state index in [1.807, 2.05) is 0 Å². The zero-order valence-electron chi connectivity index (χ0n) is 32.8. The van der Waals surface area contributed by atoms with Gasteiger partial charge in [0, 0.05) is 0 Å². The minimum absolute atomic E-state index is 0.938. The third kappa shape index (κ3) is 6.95. The van der Waals surface area contributed by atoms with Crippen LogP contribution in [-0.4, -0.2) is 0 Å². The van der Waals surface area contributed by atoms with Gasteiger partial charge in [-0.2, -0.15) is 0 Å². The molecule has 0 spiro atoms. The van der Waals surface area contributed by atoms with Crippen molar-refractivity contribution in [3.63, 3.8) is 0 Å². The van der Waals surface area contributed by atoms with Crippen LogP contribution in [0.15, 0.2) is 146 Å². The van der Waals surface area contributed by atoms with E-state index in [9.17, 15) is 0 Å². The highest BCUT2D eigenvalue weighted by atomic mass is 31.1. The van der Waals surface area contributed by atoms with Gasteiger partial charge in [0.2, 0.25) is 0 Å². The lowest BCUT2D eigenvalue weighted by molar-refractivity contribution is 1.40. The Kier molecular flexibility index (Phi) is 9.87. The molecule has 0 aliphatic carbocycles. The second-order valence-corrected chi connectivity index (χ2v) is 19.7. The normalized spacial score (nSPS) is 12.2. The molecule has 0 radical (unpaired) electrons. The number of hydrogen-bond acceptors (Lipinski definition) is 0. The van der Waals surface area contributed by atoms with E-state index in [-0.39, 0.29) is 0 Å². The number of fused-ring (bicyclic) bond motifs is 2. The van der Waals surface area contributed by atoms with Crippen molar-refractivity contribution < 1.29 is 0 Å². The molecule has 0 nitrogen and oxygen atoms in total. The summed E-state index contributed by atoms with van der Waals surface area (Å²) in [7, 11) is -1.88. The van der Waals surface area contributed by atoms with Crippen LogP contribution in [0.3, 0.4) is 0 Å². The van der Waals surface area contributed by atoms with E-state index < -0.39 is 15.8 Å². The second-order valence-electron chi connectivity index (χ2n) is 15.4. The summed E-state index contributed by atoms with van der Waals surface area (Å²) in [5.74, 6) is 0. The van der Waals surface area contributed by atoms with Crippen LogP contribution >= 0.6 is 15.8 Å². The largest absolute Gasteiger partial charge is 0.0616 e. The summed E-state index contributed by atoms with van der Waals surface area (Å²) in [4.78, 5) is 0. The van der Waals surface area contributed by atoms with Gasteiger partial charge in [0.1, 0.15) is 0 Å². The Morgan fingerprint density at radius 1 is 0.296 bits per heavy atom. The number of benzene rings is 8. The molecule has 0 heterocycles. The van der Waals surface area contributed by atoms with Crippen LogP contribution in [-0.2, 0) is 0 Å². The Hall–Kier alpha value is -4.86. The Balaban J connectivity index is 1.56. The molecule has 0 saturated heterocycles. The maximum Gasteiger partial charge on any atom is -0.000883 e. The first-order chi connectivity index (χ1) is 26.0. The number of rotatable bonds is 7. The lowest BCUT2D eigenvalue weighted by Gasteiger charge is -2.29. The quantitative estimate of drug-likeness (QED) is 0.143. The summed E-state index contributed by atoms with van der Waals surface area (Å²) in [5, 5.41) is 13.6. The molecule has 0 bridgehead atoms. The van der Waals surface area contributed by atoms with Crippen molar-refractivity contribution in [1.29, 1.82) is 0 Å². The molecular formula is C52H48P2. The molecule has 1 atom stereocenters. The summed E-state index contributed by atoms with van der Waals surface area (Å²) in [6.07, 6.45) is 0. The van der Waals surface area contributed by atoms with Crippen LogP contribution in [0.25, 0.3) is 32.7 Å². The van der Waals surface area contributed by atoms with Gasteiger partial charge in [-0.05, 0) is 141 Å². The van der Waals surface area contributed by atoms with Crippen LogP contribution in [0, 0.1) is 55.4 Å². The molecule has 2 heteroatoms. The summed E-state index contributed by atoms with van der Waals surface area (Å²) in [5.41, 5.74) is 13.2. The van der Waals surface area contributed by atoms with Gasteiger partial charge in [-0.1, -0.05) is 185 Å². The van der Waals surface area contributed by atoms with Crippen molar-refractivity contribution in [3.8, 4) is 11.1 Å². The smallest absolute Gasteiger partial charge is 0.000883 e. The van der Waals surface area contributed by atoms with Crippen LogP contribution in [0.4, 0.5) is 0 Å². The summed E-state index contributed by atoms with van der Waals surface area (Å²) in [6.45, 7) is 18.0. The average molecular weight is 735 g/mol.